The SMILES string of the molecule is CCC(C)NC(=O)C(C)N1CCCCCC1C(=O)O. The highest BCUT2D eigenvalue weighted by Gasteiger charge is 2.33. The van der Waals surface area contributed by atoms with Gasteiger partial charge in [0.15, 0.2) is 0 Å². The summed E-state index contributed by atoms with van der Waals surface area (Å²) >= 11 is 0. The Bertz CT molecular complexity index is 320. The first kappa shape index (κ1) is 16.0. The van der Waals surface area contributed by atoms with Crippen LogP contribution in [0.1, 0.15) is 52.9 Å². The van der Waals surface area contributed by atoms with Crippen LogP contribution in [0.5, 0.6) is 0 Å². The molecule has 5 heteroatoms. The summed E-state index contributed by atoms with van der Waals surface area (Å²) in [7, 11) is 0. The van der Waals surface area contributed by atoms with Crippen molar-refractivity contribution < 1.29 is 14.7 Å². The van der Waals surface area contributed by atoms with Gasteiger partial charge in [-0.05, 0) is 39.7 Å². The van der Waals surface area contributed by atoms with E-state index in [1.165, 1.54) is 0 Å². The number of aliphatic carboxylic acids is 1. The van der Waals surface area contributed by atoms with Crippen molar-refractivity contribution in [2.45, 2.75) is 71.0 Å². The topological polar surface area (TPSA) is 69.6 Å². The summed E-state index contributed by atoms with van der Waals surface area (Å²) in [4.78, 5) is 25.3. The van der Waals surface area contributed by atoms with Gasteiger partial charge in [-0.25, -0.2) is 0 Å². The number of carboxylic acids is 1. The molecule has 1 fully saturated rings. The third-order valence-electron chi connectivity index (χ3n) is 3.96. The lowest BCUT2D eigenvalue weighted by atomic mass is 10.1. The number of hydrogen-bond acceptors (Lipinski definition) is 3. The number of likely N-dealkylation sites (tertiary alicyclic amines) is 1. The molecule has 0 radical (unpaired) electrons. The van der Waals surface area contributed by atoms with Crippen molar-refractivity contribution in [2.75, 3.05) is 6.54 Å². The summed E-state index contributed by atoms with van der Waals surface area (Å²) in [6.45, 7) is 6.47. The second kappa shape index (κ2) is 7.48. The molecule has 19 heavy (non-hydrogen) atoms. The largest absolute Gasteiger partial charge is 0.480 e. The van der Waals surface area contributed by atoms with Gasteiger partial charge < -0.3 is 10.4 Å². The molecule has 1 aliphatic rings. The second-order valence-electron chi connectivity index (χ2n) is 5.44. The van der Waals surface area contributed by atoms with Crippen molar-refractivity contribution in [1.29, 1.82) is 0 Å². The van der Waals surface area contributed by atoms with Crippen LogP contribution in [0.2, 0.25) is 0 Å². The first-order valence-corrected chi connectivity index (χ1v) is 7.26. The Balaban J connectivity index is 2.72. The van der Waals surface area contributed by atoms with Crippen molar-refractivity contribution in [3.63, 3.8) is 0 Å². The zero-order valence-electron chi connectivity index (χ0n) is 12.2. The Kier molecular flexibility index (Phi) is 6.28. The van der Waals surface area contributed by atoms with Crippen LogP contribution in [-0.4, -0.2) is 46.6 Å². The molecule has 0 bridgehead atoms. The minimum absolute atomic E-state index is 0.0671. The Labute approximate surface area is 115 Å². The van der Waals surface area contributed by atoms with E-state index in [1.54, 1.807) is 6.92 Å². The molecular formula is C14H26N2O3. The van der Waals surface area contributed by atoms with Gasteiger partial charge in [-0.15, -0.1) is 0 Å². The smallest absolute Gasteiger partial charge is 0.320 e. The summed E-state index contributed by atoms with van der Waals surface area (Å²) < 4.78 is 0. The summed E-state index contributed by atoms with van der Waals surface area (Å²) in [5, 5.41) is 12.3. The van der Waals surface area contributed by atoms with E-state index < -0.39 is 12.0 Å². The second-order valence-corrected chi connectivity index (χ2v) is 5.44. The maximum Gasteiger partial charge on any atom is 0.320 e. The molecule has 1 heterocycles. The van der Waals surface area contributed by atoms with Crippen LogP contribution >= 0.6 is 0 Å². The van der Waals surface area contributed by atoms with Crippen LogP contribution in [0.3, 0.4) is 0 Å². The van der Waals surface area contributed by atoms with Crippen LogP contribution in [0, 0.1) is 0 Å². The number of rotatable bonds is 5. The molecule has 1 aliphatic heterocycles. The Morgan fingerprint density at radius 3 is 2.58 bits per heavy atom. The minimum atomic E-state index is -0.815. The molecule has 110 valence electrons. The molecule has 0 aromatic heterocycles. The lowest BCUT2D eigenvalue weighted by molar-refractivity contribution is -0.145. The summed E-state index contributed by atoms with van der Waals surface area (Å²) in [5.41, 5.74) is 0. The van der Waals surface area contributed by atoms with E-state index in [1.807, 2.05) is 18.7 Å². The molecule has 0 spiro atoms. The number of amides is 1. The van der Waals surface area contributed by atoms with E-state index in [2.05, 4.69) is 5.32 Å². The molecular weight excluding hydrogens is 244 g/mol. The zero-order chi connectivity index (χ0) is 14.4. The average Bonchev–Trinajstić information content (AvgIpc) is 2.62. The first-order valence-electron chi connectivity index (χ1n) is 7.26. The average molecular weight is 270 g/mol. The number of carbonyl (C=O) groups excluding carboxylic acids is 1. The van der Waals surface area contributed by atoms with Crippen LogP contribution in [-0.2, 0) is 9.59 Å². The van der Waals surface area contributed by atoms with Gasteiger partial charge in [-0.2, -0.15) is 0 Å². The van der Waals surface area contributed by atoms with E-state index in [-0.39, 0.29) is 18.0 Å². The quantitative estimate of drug-likeness (QED) is 0.796. The standard InChI is InChI=1S/C14H26N2O3/c1-4-10(2)15-13(17)11(3)16-9-7-5-6-8-12(16)14(18)19/h10-12H,4-9H2,1-3H3,(H,15,17)(H,18,19). The Morgan fingerprint density at radius 1 is 1.32 bits per heavy atom. The molecule has 1 rings (SSSR count). The van der Waals surface area contributed by atoms with Gasteiger partial charge in [-0.1, -0.05) is 19.8 Å². The molecule has 0 aromatic rings. The number of nitrogens with zero attached hydrogens (tertiary/aromatic N) is 1. The fourth-order valence-electron chi connectivity index (χ4n) is 2.48. The zero-order valence-corrected chi connectivity index (χ0v) is 12.2. The predicted octanol–water partition coefficient (Wildman–Crippen LogP) is 1.62. The van der Waals surface area contributed by atoms with Crippen LogP contribution in [0.15, 0.2) is 0 Å². The number of carbonyl (C=O) groups is 2. The van der Waals surface area contributed by atoms with Crippen molar-refractivity contribution in [1.82, 2.24) is 10.2 Å². The fourth-order valence-corrected chi connectivity index (χ4v) is 2.48. The van der Waals surface area contributed by atoms with E-state index in [0.717, 1.165) is 25.7 Å². The maximum absolute atomic E-state index is 12.1. The third kappa shape index (κ3) is 4.49. The van der Waals surface area contributed by atoms with Gasteiger partial charge in [0.1, 0.15) is 6.04 Å². The van der Waals surface area contributed by atoms with E-state index in [9.17, 15) is 14.7 Å². The summed E-state index contributed by atoms with van der Waals surface area (Å²) in [5.74, 6) is -0.882. The van der Waals surface area contributed by atoms with Crippen LogP contribution in [0.25, 0.3) is 0 Å². The molecule has 1 saturated heterocycles. The highest BCUT2D eigenvalue weighted by molar-refractivity contribution is 5.83. The number of hydrogen-bond donors (Lipinski definition) is 2. The first-order chi connectivity index (χ1) is 8.97. The normalized spacial score (nSPS) is 24.3. The van der Waals surface area contributed by atoms with Crippen molar-refractivity contribution in [3.8, 4) is 0 Å². The predicted molar refractivity (Wildman–Crippen MR) is 74.0 cm³/mol. The van der Waals surface area contributed by atoms with Crippen LogP contribution in [0.4, 0.5) is 0 Å². The molecule has 5 nitrogen and oxygen atoms in total. The van der Waals surface area contributed by atoms with Gasteiger partial charge in [0.25, 0.3) is 0 Å². The summed E-state index contributed by atoms with van der Waals surface area (Å²) in [6.07, 6.45) is 4.44. The lowest BCUT2D eigenvalue weighted by Gasteiger charge is -2.32. The van der Waals surface area contributed by atoms with Crippen molar-refractivity contribution >= 4 is 11.9 Å². The molecule has 1 amide bonds. The molecule has 0 saturated carbocycles. The third-order valence-corrected chi connectivity index (χ3v) is 3.96. The molecule has 0 aliphatic carbocycles. The Hall–Kier alpha value is -1.10. The highest BCUT2D eigenvalue weighted by Crippen LogP contribution is 2.19. The van der Waals surface area contributed by atoms with E-state index in [4.69, 9.17) is 0 Å². The van der Waals surface area contributed by atoms with Gasteiger partial charge in [0, 0.05) is 6.04 Å². The van der Waals surface area contributed by atoms with Crippen molar-refractivity contribution in [3.05, 3.63) is 0 Å². The fraction of sp³-hybridized carbons (Fsp3) is 0.857. The number of nitrogens with one attached hydrogen (secondary N) is 1. The van der Waals surface area contributed by atoms with Gasteiger partial charge >= 0.3 is 5.97 Å². The van der Waals surface area contributed by atoms with E-state index >= 15 is 0 Å². The monoisotopic (exact) mass is 270 g/mol. The maximum atomic E-state index is 12.1. The molecule has 0 aromatic carbocycles. The lowest BCUT2D eigenvalue weighted by Crippen LogP contribution is -2.53. The highest BCUT2D eigenvalue weighted by atomic mass is 16.4. The van der Waals surface area contributed by atoms with Gasteiger partial charge in [0.05, 0.1) is 6.04 Å². The number of carboxylic acid groups (broad SMARTS) is 1. The Morgan fingerprint density at radius 2 is 2.00 bits per heavy atom. The minimum Gasteiger partial charge on any atom is -0.480 e. The van der Waals surface area contributed by atoms with E-state index in [0.29, 0.717) is 13.0 Å². The van der Waals surface area contributed by atoms with Gasteiger partial charge in [-0.3, -0.25) is 14.5 Å². The molecule has 3 unspecified atom stereocenters. The van der Waals surface area contributed by atoms with Crippen molar-refractivity contribution in [2.24, 2.45) is 0 Å². The molecule has 3 atom stereocenters. The van der Waals surface area contributed by atoms with Gasteiger partial charge in [0.2, 0.25) is 5.91 Å². The molecule has 2 N–H and O–H groups in total. The van der Waals surface area contributed by atoms with Crippen LogP contribution < -0.4 is 5.32 Å². The summed E-state index contributed by atoms with van der Waals surface area (Å²) in [6, 6.07) is -0.779.